The van der Waals surface area contributed by atoms with Gasteiger partial charge in [-0.3, -0.25) is 9.59 Å². The van der Waals surface area contributed by atoms with Crippen molar-refractivity contribution in [3.05, 3.63) is 18.5 Å². The van der Waals surface area contributed by atoms with Crippen LogP contribution in [0.4, 0.5) is 5.95 Å². The largest absolute Gasteiger partial charge is 0.355 e. The van der Waals surface area contributed by atoms with E-state index >= 15 is 0 Å². The third-order valence-electron chi connectivity index (χ3n) is 4.53. The quantitative estimate of drug-likeness (QED) is 0.797. The molecule has 0 bridgehead atoms. The van der Waals surface area contributed by atoms with Gasteiger partial charge in [0.15, 0.2) is 0 Å². The molecule has 1 aliphatic carbocycles. The summed E-state index contributed by atoms with van der Waals surface area (Å²) >= 11 is 0. The maximum absolute atomic E-state index is 12.7. The average Bonchev–Trinajstić information content (AvgIpc) is 3.42. The second-order valence-corrected chi connectivity index (χ2v) is 6.17. The van der Waals surface area contributed by atoms with Gasteiger partial charge in [0.1, 0.15) is 5.41 Å². The Kier molecular flexibility index (Phi) is 4.45. The first-order valence-electron chi connectivity index (χ1n) is 8.27. The lowest BCUT2D eigenvalue weighted by Crippen LogP contribution is -2.53. The molecule has 1 aromatic heterocycles. The van der Waals surface area contributed by atoms with Crippen LogP contribution < -0.4 is 10.2 Å². The number of carbonyl (C=O) groups is 2. The Morgan fingerprint density at radius 2 is 1.83 bits per heavy atom. The van der Waals surface area contributed by atoms with Crippen molar-refractivity contribution in [1.29, 1.82) is 0 Å². The van der Waals surface area contributed by atoms with Crippen LogP contribution in [0.1, 0.15) is 26.2 Å². The Morgan fingerprint density at radius 1 is 1.17 bits per heavy atom. The van der Waals surface area contributed by atoms with Gasteiger partial charge in [0.25, 0.3) is 0 Å². The molecule has 2 heterocycles. The number of rotatable bonds is 5. The van der Waals surface area contributed by atoms with E-state index in [-0.39, 0.29) is 11.8 Å². The molecule has 1 saturated heterocycles. The first-order chi connectivity index (χ1) is 11.2. The number of piperazine rings is 1. The zero-order chi connectivity index (χ0) is 16.3. The van der Waals surface area contributed by atoms with Crippen LogP contribution in [0.2, 0.25) is 0 Å². The number of carbonyl (C=O) groups excluding carboxylic acids is 2. The van der Waals surface area contributed by atoms with Crippen LogP contribution in [-0.2, 0) is 9.59 Å². The Hall–Kier alpha value is -2.18. The number of hydrogen-bond acceptors (Lipinski definition) is 5. The standard InChI is InChI=1S/C16H23N5O2/c1-2-6-17-13(22)16(4-5-16)14(23)20-9-11-21(12-10-20)15-18-7-3-8-19-15/h3,7-8H,2,4-6,9-12H2,1H3,(H,17,22). The third kappa shape index (κ3) is 3.13. The van der Waals surface area contributed by atoms with E-state index < -0.39 is 5.41 Å². The van der Waals surface area contributed by atoms with Crippen molar-refractivity contribution in [1.82, 2.24) is 20.2 Å². The molecule has 23 heavy (non-hydrogen) atoms. The number of hydrogen-bond donors (Lipinski definition) is 1. The Morgan fingerprint density at radius 3 is 2.39 bits per heavy atom. The zero-order valence-electron chi connectivity index (χ0n) is 13.5. The number of anilines is 1. The van der Waals surface area contributed by atoms with E-state index in [1.165, 1.54) is 0 Å². The molecule has 1 N–H and O–H groups in total. The summed E-state index contributed by atoms with van der Waals surface area (Å²) in [7, 11) is 0. The molecule has 7 heteroatoms. The van der Waals surface area contributed by atoms with E-state index in [4.69, 9.17) is 0 Å². The van der Waals surface area contributed by atoms with Crippen LogP contribution in [-0.4, -0.2) is 59.4 Å². The summed E-state index contributed by atoms with van der Waals surface area (Å²) < 4.78 is 0. The van der Waals surface area contributed by atoms with Gasteiger partial charge in [-0.05, 0) is 25.3 Å². The summed E-state index contributed by atoms with van der Waals surface area (Å²) in [5.74, 6) is 0.583. The minimum absolute atomic E-state index is 0.0141. The highest BCUT2D eigenvalue weighted by molar-refractivity contribution is 6.07. The Bertz CT molecular complexity index is 565. The first kappa shape index (κ1) is 15.7. The third-order valence-corrected chi connectivity index (χ3v) is 4.53. The molecule has 2 fully saturated rings. The van der Waals surface area contributed by atoms with E-state index in [0.717, 1.165) is 6.42 Å². The molecule has 7 nitrogen and oxygen atoms in total. The molecular formula is C16H23N5O2. The average molecular weight is 317 g/mol. The lowest BCUT2D eigenvalue weighted by atomic mass is 10.0. The molecule has 1 aliphatic heterocycles. The van der Waals surface area contributed by atoms with E-state index in [0.29, 0.717) is 51.5 Å². The van der Waals surface area contributed by atoms with Gasteiger partial charge in [-0.25, -0.2) is 9.97 Å². The highest BCUT2D eigenvalue weighted by Gasteiger charge is 2.58. The summed E-state index contributed by atoms with van der Waals surface area (Å²) in [6.45, 7) is 5.25. The first-order valence-corrected chi connectivity index (χ1v) is 8.27. The Labute approximate surface area is 136 Å². The summed E-state index contributed by atoms with van der Waals surface area (Å²) in [5, 5.41) is 2.87. The van der Waals surface area contributed by atoms with Crippen LogP contribution in [0.15, 0.2) is 18.5 Å². The lowest BCUT2D eigenvalue weighted by molar-refractivity contribution is -0.144. The topological polar surface area (TPSA) is 78.4 Å². The Balaban J connectivity index is 1.57. The normalized spacial score (nSPS) is 19.3. The summed E-state index contributed by atoms with van der Waals surface area (Å²) in [5.41, 5.74) is -0.791. The van der Waals surface area contributed by atoms with Crippen LogP contribution >= 0.6 is 0 Å². The summed E-state index contributed by atoms with van der Waals surface area (Å²) in [6, 6.07) is 1.79. The fourth-order valence-electron chi connectivity index (χ4n) is 2.94. The zero-order valence-corrected chi connectivity index (χ0v) is 13.5. The second kappa shape index (κ2) is 6.52. The van der Waals surface area contributed by atoms with Crippen molar-refractivity contribution >= 4 is 17.8 Å². The highest BCUT2D eigenvalue weighted by atomic mass is 16.2. The van der Waals surface area contributed by atoms with Crippen molar-refractivity contribution < 1.29 is 9.59 Å². The predicted octanol–water partition coefficient (Wildman–Crippen LogP) is 0.432. The van der Waals surface area contributed by atoms with Gasteiger partial charge in [-0.2, -0.15) is 0 Å². The van der Waals surface area contributed by atoms with Crippen LogP contribution in [0.5, 0.6) is 0 Å². The molecule has 0 atom stereocenters. The van der Waals surface area contributed by atoms with Crippen molar-refractivity contribution in [3.63, 3.8) is 0 Å². The lowest BCUT2D eigenvalue weighted by Gasteiger charge is -2.36. The van der Waals surface area contributed by atoms with E-state index in [1.54, 1.807) is 18.5 Å². The van der Waals surface area contributed by atoms with Gasteiger partial charge >= 0.3 is 0 Å². The molecule has 0 aromatic carbocycles. The summed E-state index contributed by atoms with van der Waals surface area (Å²) in [6.07, 6.45) is 5.66. The monoisotopic (exact) mass is 317 g/mol. The number of amides is 2. The van der Waals surface area contributed by atoms with Gasteiger partial charge < -0.3 is 15.1 Å². The van der Waals surface area contributed by atoms with Gasteiger partial charge in [0, 0.05) is 45.1 Å². The van der Waals surface area contributed by atoms with Gasteiger partial charge in [0.05, 0.1) is 0 Å². The molecule has 0 spiro atoms. The van der Waals surface area contributed by atoms with Crippen molar-refractivity contribution in [2.24, 2.45) is 5.41 Å². The van der Waals surface area contributed by atoms with E-state index in [2.05, 4.69) is 20.2 Å². The smallest absolute Gasteiger partial charge is 0.238 e. The molecule has 0 radical (unpaired) electrons. The van der Waals surface area contributed by atoms with E-state index in [9.17, 15) is 9.59 Å². The van der Waals surface area contributed by atoms with Crippen molar-refractivity contribution in [2.75, 3.05) is 37.6 Å². The van der Waals surface area contributed by atoms with Crippen LogP contribution in [0.25, 0.3) is 0 Å². The number of nitrogens with one attached hydrogen (secondary N) is 1. The van der Waals surface area contributed by atoms with Crippen molar-refractivity contribution in [2.45, 2.75) is 26.2 Å². The molecular weight excluding hydrogens is 294 g/mol. The SMILES string of the molecule is CCCNC(=O)C1(C(=O)N2CCN(c3ncccn3)CC2)CC1. The fourth-order valence-corrected chi connectivity index (χ4v) is 2.94. The highest BCUT2D eigenvalue weighted by Crippen LogP contribution is 2.47. The van der Waals surface area contributed by atoms with E-state index in [1.807, 2.05) is 11.8 Å². The molecule has 2 amide bonds. The summed E-state index contributed by atoms with van der Waals surface area (Å²) in [4.78, 5) is 37.4. The van der Waals surface area contributed by atoms with Gasteiger partial charge in [0.2, 0.25) is 17.8 Å². The van der Waals surface area contributed by atoms with Crippen LogP contribution in [0.3, 0.4) is 0 Å². The molecule has 2 aliphatic rings. The van der Waals surface area contributed by atoms with Gasteiger partial charge in [-0.1, -0.05) is 6.92 Å². The second-order valence-electron chi connectivity index (χ2n) is 6.17. The van der Waals surface area contributed by atoms with Gasteiger partial charge in [-0.15, -0.1) is 0 Å². The predicted molar refractivity (Wildman–Crippen MR) is 85.8 cm³/mol. The van der Waals surface area contributed by atoms with Crippen molar-refractivity contribution in [3.8, 4) is 0 Å². The molecule has 3 rings (SSSR count). The maximum atomic E-state index is 12.7. The fraction of sp³-hybridized carbons (Fsp3) is 0.625. The molecule has 1 saturated carbocycles. The molecule has 0 unspecified atom stereocenters. The molecule has 124 valence electrons. The number of aromatic nitrogens is 2. The minimum atomic E-state index is -0.791. The number of nitrogens with zero attached hydrogens (tertiary/aromatic N) is 4. The minimum Gasteiger partial charge on any atom is -0.355 e. The maximum Gasteiger partial charge on any atom is 0.238 e. The molecule has 1 aromatic rings. The van der Waals surface area contributed by atoms with Crippen LogP contribution in [0, 0.1) is 5.41 Å².